The molecule has 3 heterocycles. The van der Waals surface area contributed by atoms with Crippen molar-refractivity contribution in [3.05, 3.63) is 72.2 Å². The fourth-order valence-electron chi connectivity index (χ4n) is 4.19. The zero-order valence-corrected chi connectivity index (χ0v) is 20.0. The van der Waals surface area contributed by atoms with Crippen molar-refractivity contribution in [3.63, 3.8) is 0 Å². The molecule has 2 aromatic heterocycles. The first-order chi connectivity index (χ1) is 16.4. The summed E-state index contributed by atoms with van der Waals surface area (Å²) in [6, 6.07) is 14.8. The molecule has 0 spiro atoms. The largest absolute Gasteiger partial charge is 0.497 e. The van der Waals surface area contributed by atoms with Crippen molar-refractivity contribution in [1.29, 1.82) is 0 Å². The number of para-hydroxylation sites is 1. The number of piperazine rings is 1. The molecule has 0 radical (unpaired) electrons. The highest BCUT2D eigenvalue weighted by Gasteiger charge is 2.30. The number of rotatable bonds is 6. The molecule has 0 atom stereocenters. The van der Waals surface area contributed by atoms with Crippen LogP contribution in [0.2, 0.25) is 0 Å². The van der Waals surface area contributed by atoms with Crippen LogP contribution < -0.4 is 4.74 Å². The summed E-state index contributed by atoms with van der Waals surface area (Å²) >= 11 is 0. The summed E-state index contributed by atoms with van der Waals surface area (Å²) in [6.45, 7) is 4.59. The molecule has 1 fully saturated rings. The van der Waals surface area contributed by atoms with Crippen LogP contribution in [0.5, 0.6) is 5.75 Å². The van der Waals surface area contributed by atoms with Crippen molar-refractivity contribution >= 4 is 20.9 Å². The molecular formula is C25H26N4O4S. The van der Waals surface area contributed by atoms with Crippen LogP contribution in [0.25, 0.3) is 22.4 Å². The fraction of sp³-hybridized carbons (Fsp3) is 0.280. The molecule has 0 aliphatic carbocycles. The average molecular weight is 479 g/mol. The maximum atomic E-state index is 13.4. The van der Waals surface area contributed by atoms with Crippen LogP contribution in [-0.2, 0) is 16.6 Å². The Labute approximate surface area is 198 Å². The van der Waals surface area contributed by atoms with Crippen molar-refractivity contribution in [2.75, 3.05) is 33.3 Å². The van der Waals surface area contributed by atoms with Gasteiger partial charge < -0.3 is 9.15 Å². The third-order valence-corrected chi connectivity index (χ3v) is 7.96. The van der Waals surface area contributed by atoms with Gasteiger partial charge in [0.1, 0.15) is 16.9 Å². The van der Waals surface area contributed by atoms with Crippen LogP contribution in [0.15, 0.2) is 70.3 Å². The molecule has 9 heteroatoms. The summed E-state index contributed by atoms with van der Waals surface area (Å²) in [7, 11) is -2.01. The maximum Gasteiger partial charge on any atom is 0.245 e. The van der Waals surface area contributed by atoms with E-state index in [2.05, 4.69) is 14.9 Å². The Morgan fingerprint density at radius 2 is 1.82 bits per heavy atom. The monoisotopic (exact) mass is 478 g/mol. The third-order valence-electron chi connectivity index (χ3n) is 6.03. The molecule has 2 aromatic carbocycles. The van der Waals surface area contributed by atoms with E-state index in [0.717, 1.165) is 28.0 Å². The Morgan fingerprint density at radius 3 is 2.56 bits per heavy atom. The van der Waals surface area contributed by atoms with Gasteiger partial charge in [-0.05, 0) is 48.9 Å². The lowest BCUT2D eigenvalue weighted by Gasteiger charge is -2.33. The second kappa shape index (κ2) is 9.17. The Bertz CT molecular complexity index is 1410. The van der Waals surface area contributed by atoms with E-state index in [4.69, 9.17) is 9.15 Å². The van der Waals surface area contributed by atoms with E-state index in [0.29, 0.717) is 44.1 Å². The summed E-state index contributed by atoms with van der Waals surface area (Å²) in [5, 5.41) is 0.832. The van der Waals surface area contributed by atoms with E-state index < -0.39 is 10.0 Å². The van der Waals surface area contributed by atoms with E-state index in [-0.39, 0.29) is 4.90 Å². The van der Waals surface area contributed by atoms with E-state index in [1.807, 2.05) is 43.3 Å². The van der Waals surface area contributed by atoms with Gasteiger partial charge in [0, 0.05) is 49.9 Å². The number of nitrogens with zero attached hydrogens (tertiary/aromatic N) is 4. The highest BCUT2D eigenvalue weighted by molar-refractivity contribution is 7.89. The number of aromatic nitrogens is 2. The molecule has 1 aliphatic heterocycles. The van der Waals surface area contributed by atoms with Gasteiger partial charge >= 0.3 is 0 Å². The third kappa shape index (κ3) is 4.42. The van der Waals surface area contributed by atoms with Gasteiger partial charge in [-0.3, -0.25) is 9.88 Å². The number of oxazole rings is 1. The van der Waals surface area contributed by atoms with Crippen LogP contribution >= 0.6 is 0 Å². The molecule has 0 unspecified atom stereocenters. The van der Waals surface area contributed by atoms with Gasteiger partial charge in [0.15, 0.2) is 0 Å². The van der Waals surface area contributed by atoms with Crippen LogP contribution in [0, 0.1) is 6.92 Å². The second-order valence-corrected chi connectivity index (χ2v) is 10.3. The van der Waals surface area contributed by atoms with Gasteiger partial charge in [-0.25, -0.2) is 13.4 Å². The molecule has 0 bridgehead atoms. The summed E-state index contributed by atoms with van der Waals surface area (Å²) < 4.78 is 39.2. The average Bonchev–Trinajstić information content (AvgIpc) is 3.32. The molecule has 8 nitrogen and oxygen atoms in total. The van der Waals surface area contributed by atoms with E-state index in [1.165, 1.54) is 0 Å². The standard InChI is InChI=1S/C25H26N4O4S/c1-18-14-20-4-3-5-23(24(20)26-15-18)34(30,31)29-12-10-28(11-13-29)16-21-17-33-25(27-21)19-6-8-22(32-2)9-7-19/h3-9,14-15,17H,10-13,16H2,1-2H3. The number of ether oxygens (including phenoxy) is 1. The molecule has 4 aromatic rings. The van der Waals surface area contributed by atoms with Gasteiger partial charge in [0.2, 0.25) is 15.9 Å². The molecule has 5 rings (SSSR count). The SMILES string of the molecule is COc1ccc(-c2nc(CN3CCN(S(=O)(=O)c4cccc5cc(C)cnc45)CC3)co2)cc1. The predicted octanol–water partition coefficient (Wildman–Crippen LogP) is 3.71. The number of hydrogen-bond donors (Lipinski definition) is 0. The molecule has 1 aliphatic rings. The number of hydrogen-bond acceptors (Lipinski definition) is 7. The van der Waals surface area contributed by atoms with E-state index >= 15 is 0 Å². The Hall–Kier alpha value is -3.27. The molecular weight excluding hydrogens is 452 g/mol. The quantitative estimate of drug-likeness (QED) is 0.417. The summed E-state index contributed by atoms with van der Waals surface area (Å²) in [5.74, 6) is 1.33. The number of pyridine rings is 1. The second-order valence-electron chi connectivity index (χ2n) is 8.39. The van der Waals surface area contributed by atoms with Gasteiger partial charge in [-0.15, -0.1) is 0 Å². The molecule has 34 heavy (non-hydrogen) atoms. The minimum absolute atomic E-state index is 0.263. The zero-order valence-electron chi connectivity index (χ0n) is 19.1. The smallest absolute Gasteiger partial charge is 0.245 e. The van der Waals surface area contributed by atoms with Crippen molar-refractivity contribution < 1.29 is 17.6 Å². The first-order valence-corrected chi connectivity index (χ1v) is 12.5. The van der Waals surface area contributed by atoms with Crippen molar-refractivity contribution in [3.8, 4) is 17.2 Å². The number of benzene rings is 2. The Morgan fingerprint density at radius 1 is 1.06 bits per heavy atom. The molecule has 1 saturated heterocycles. The topological polar surface area (TPSA) is 88.8 Å². The minimum Gasteiger partial charge on any atom is -0.497 e. The van der Waals surface area contributed by atoms with Gasteiger partial charge in [-0.2, -0.15) is 4.31 Å². The van der Waals surface area contributed by atoms with Gasteiger partial charge in [0.05, 0.1) is 18.3 Å². The summed E-state index contributed by atoms with van der Waals surface area (Å²) in [4.78, 5) is 11.5. The lowest BCUT2D eigenvalue weighted by Crippen LogP contribution is -2.48. The fourth-order valence-corrected chi connectivity index (χ4v) is 5.78. The minimum atomic E-state index is -3.64. The van der Waals surface area contributed by atoms with Gasteiger partial charge in [0.25, 0.3) is 0 Å². The first-order valence-electron chi connectivity index (χ1n) is 11.1. The number of methoxy groups -OCH3 is 1. The highest BCUT2D eigenvalue weighted by Crippen LogP contribution is 2.26. The number of sulfonamides is 1. The Kier molecular flexibility index (Phi) is 6.07. The van der Waals surface area contributed by atoms with Crippen molar-refractivity contribution in [2.45, 2.75) is 18.4 Å². The predicted molar refractivity (Wildman–Crippen MR) is 129 cm³/mol. The Balaban J connectivity index is 1.25. The first kappa shape index (κ1) is 22.5. The normalized spacial score (nSPS) is 15.6. The van der Waals surface area contributed by atoms with Crippen LogP contribution in [-0.4, -0.2) is 60.9 Å². The molecule has 176 valence electrons. The highest BCUT2D eigenvalue weighted by atomic mass is 32.2. The number of aryl methyl sites for hydroxylation is 1. The molecule has 0 saturated carbocycles. The maximum absolute atomic E-state index is 13.4. The summed E-state index contributed by atoms with van der Waals surface area (Å²) in [6.07, 6.45) is 3.36. The van der Waals surface area contributed by atoms with E-state index in [9.17, 15) is 8.42 Å². The van der Waals surface area contributed by atoms with Crippen LogP contribution in [0.4, 0.5) is 0 Å². The van der Waals surface area contributed by atoms with Crippen molar-refractivity contribution in [1.82, 2.24) is 19.2 Å². The van der Waals surface area contributed by atoms with Crippen LogP contribution in [0.3, 0.4) is 0 Å². The van der Waals surface area contributed by atoms with Gasteiger partial charge in [-0.1, -0.05) is 12.1 Å². The van der Waals surface area contributed by atoms with Crippen LogP contribution in [0.1, 0.15) is 11.3 Å². The van der Waals surface area contributed by atoms with E-state index in [1.54, 1.807) is 36.0 Å². The summed E-state index contributed by atoms with van der Waals surface area (Å²) in [5.41, 5.74) is 3.21. The lowest BCUT2D eigenvalue weighted by molar-refractivity contribution is 0.180. The molecule has 0 N–H and O–H groups in total. The lowest BCUT2D eigenvalue weighted by atomic mass is 10.2. The molecule has 0 amide bonds. The van der Waals surface area contributed by atoms with Crippen molar-refractivity contribution in [2.24, 2.45) is 0 Å². The number of fused-ring (bicyclic) bond motifs is 1. The zero-order chi connectivity index (χ0) is 23.7.